The molecule has 1 aromatic rings. The molecule has 0 aromatic carbocycles. The van der Waals surface area contributed by atoms with E-state index >= 15 is 0 Å². The molecule has 2 rings (SSSR count). The van der Waals surface area contributed by atoms with Crippen LogP contribution in [0.15, 0.2) is 24.4 Å². The Morgan fingerprint density at radius 1 is 1.25 bits per heavy atom. The lowest BCUT2D eigenvalue weighted by molar-refractivity contribution is -0.130. The first-order valence-electron chi connectivity index (χ1n) is 6.78. The summed E-state index contributed by atoms with van der Waals surface area (Å²) >= 11 is 0. The molecule has 0 atom stereocenters. The predicted octanol–water partition coefficient (Wildman–Crippen LogP) is 0.241. The third kappa shape index (κ3) is 4.62. The lowest BCUT2D eigenvalue weighted by atomic mass is 9.99. The molecule has 0 spiro atoms. The highest BCUT2D eigenvalue weighted by atomic mass is 16.5. The van der Waals surface area contributed by atoms with Gasteiger partial charge in [0.05, 0.1) is 18.8 Å². The topological polar surface area (TPSA) is 80.3 Å². The van der Waals surface area contributed by atoms with Crippen LogP contribution in [-0.4, -0.2) is 36.6 Å². The van der Waals surface area contributed by atoms with Crippen LogP contribution in [0.1, 0.15) is 18.5 Å². The summed E-state index contributed by atoms with van der Waals surface area (Å²) < 4.78 is 5.20. The van der Waals surface area contributed by atoms with Crippen molar-refractivity contribution in [3.63, 3.8) is 0 Å². The van der Waals surface area contributed by atoms with Crippen molar-refractivity contribution in [2.45, 2.75) is 19.4 Å². The lowest BCUT2D eigenvalue weighted by Gasteiger charge is -2.21. The maximum Gasteiger partial charge on any atom is 0.239 e. The quantitative estimate of drug-likeness (QED) is 0.808. The summed E-state index contributed by atoms with van der Waals surface area (Å²) in [5.74, 6) is -0.315. The molecule has 2 heterocycles. The second-order valence-electron chi connectivity index (χ2n) is 4.70. The first-order chi connectivity index (χ1) is 9.75. The Morgan fingerprint density at radius 2 is 2.05 bits per heavy atom. The number of nitrogens with one attached hydrogen (secondary N) is 2. The van der Waals surface area contributed by atoms with Crippen molar-refractivity contribution < 1.29 is 14.3 Å². The second-order valence-corrected chi connectivity index (χ2v) is 4.70. The van der Waals surface area contributed by atoms with Gasteiger partial charge in [-0.05, 0) is 25.0 Å². The van der Waals surface area contributed by atoms with Gasteiger partial charge in [-0.3, -0.25) is 14.6 Å². The number of ether oxygens (including phenoxy) is 1. The number of carbonyl (C=O) groups excluding carboxylic acids is 2. The summed E-state index contributed by atoms with van der Waals surface area (Å²) in [6, 6.07) is 5.52. The van der Waals surface area contributed by atoms with Gasteiger partial charge in [0, 0.05) is 25.3 Å². The van der Waals surface area contributed by atoms with E-state index in [1.165, 1.54) is 0 Å². The highest BCUT2D eigenvalue weighted by Gasteiger charge is 2.21. The first kappa shape index (κ1) is 14.5. The van der Waals surface area contributed by atoms with Crippen LogP contribution in [-0.2, 0) is 20.9 Å². The van der Waals surface area contributed by atoms with Crippen molar-refractivity contribution in [3.8, 4) is 0 Å². The predicted molar refractivity (Wildman–Crippen MR) is 72.6 cm³/mol. The minimum absolute atomic E-state index is 0.00300. The van der Waals surface area contributed by atoms with Gasteiger partial charge in [-0.15, -0.1) is 0 Å². The van der Waals surface area contributed by atoms with Crippen LogP contribution in [0.2, 0.25) is 0 Å². The number of amides is 2. The van der Waals surface area contributed by atoms with Gasteiger partial charge >= 0.3 is 0 Å². The summed E-state index contributed by atoms with van der Waals surface area (Å²) in [5, 5.41) is 5.38. The van der Waals surface area contributed by atoms with Gasteiger partial charge < -0.3 is 15.4 Å². The Bertz CT molecular complexity index is 444. The van der Waals surface area contributed by atoms with Gasteiger partial charge in [-0.25, -0.2) is 0 Å². The summed E-state index contributed by atoms with van der Waals surface area (Å²) in [7, 11) is 0. The Kier molecular flexibility index (Phi) is 5.49. The lowest BCUT2D eigenvalue weighted by Crippen LogP contribution is -2.40. The van der Waals surface area contributed by atoms with E-state index in [0.717, 1.165) is 18.5 Å². The number of hydrogen-bond acceptors (Lipinski definition) is 4. The highest BCUT2D eigenvalue weighted by molar-refractivity contribution is 5.85. The van der Waals surface area contributed by atoms with Gasteiger partial charge in [0.25, 0.3) is 0 Å². The minimum Gasteiger partial charge on any atom is -0.381 e. The molecular weight excluding hydrogens is 258 g/mol. The Hall–Kier alpha value is -1.95. The summed E-state index contributed by atoms with van der Waals surface area (Å²) in [5.41, 5.74) is 0.789. The molecule has 0 unspecified atom stereocenters. The summed E-state index contributed by atoms with van der Waals surface area (Å²) in [4.78, 5) is 27.5. The maximum atomic E-state index is 11.8. The van der Waals surface area contributed by atoms with E-state index in [2.05, 4.69) is 15.6 Å². The van der Waals surface area contributed by atoms with E-state index in [9.17, 15) is 9.59 Å². The van der Waals surface area contributed by atoms with Crippen LogP contribution < -0.4 is 10.6 Å². The third-order valence-electron chi connectivity index (χ3n) is 3.21. The average Bonchev–Trinajstić information content (AvgIpc) is 2.52. The van der Waals surface area contributed by atoms with Crippen LogP contribution in [0.4, 0.5) is 0 Å². The molecule has 20 heavy (non-hydrogen) atoms. The molecule has 6 heteroatoms. The number of nitrogens with zero attached hydrogens (tertiary/aromatic N) is 1. The molecule has 0 bridgehead atoms. The smallest absolute Gasteiger partial charge is 0.239 e. The number of hydrogen-bond donors (Lipinski definition) is 2. The number of aromatic nitrogens is 1. The van der Waals surface area contributed by atoms with Gasteiger partial charge in [0.15, 0.2) is 0 Å². The fourth-order valence-electron chi connectivity index (χ4n) is 2.03. The maximum absolute atomic E-state index is 11.8. The van der Waals surface area contributed by atoms with E-state index < -0.39 is 0 Å². The van der Waals surface area contributed by atoms with Gasteiger partial charge in [0.2, 0.25) is 11.8 Å². The number of rotatable bonds is 5. The molecule has 6 nitrogen and oxygen atoms in total. The zero-order valence-corrected chi connectivity index (χ0v) is 11.3. The molecule has 1 aliphatic rings. The van der Waals surface area contributed by atoms with Crippen LogP contribution in [0.25, 0.3) is 0 Å². The molecule has 1 aliphatic heterocycles. The fourth-order valence-corrected chi connectivity index (χ4v) is 2.03. The van der Waals surface area contributed by atoms with Crippen molar-refractivity contribution in [1.29, 1.82) is 0 Å². The van der Waals surface area contributed by atoms with Gasteiger partial charge in [-0.2, -0.15) is 0 Å². The third-order valence-corrected chi connectivity index (χ3v) is 3.21. The van der Waals surface area contributed by atoms with Crippen LogP contribution in [0.5, 0.6) is 0 Å². The average molecular weight is 277 g/mol. The van der Waals surface area contributed by atoms with Crippen LogP contribution in [0.3, 0.4) is 0 Å². The molecule has 0 radical (unpaired) electrons. The zero-order valence-electron chi connectivity index (χ0n) is 11.3. The molecule has 1 fully saturated rings. The Labute approximate surface area is 117 Å². The molecular formula is C14H19N3O3. The molecule has 2 N–H and O–H groups in total. The summed E-state index contributed by atoms with van der Waals surface area (Å²) in [6.07, 6.45) is 3.12. The van der Waals surface area contributed by atoms with Gasteiger partial charge in [-0.1, -0.05) is 6.07 Å². The Morgan fingerprint density at radius 3 is 2.75 bits per heavy atom. The molecule has 2 amide bonds. The largest absolute Gasteiger partial charge is 0.381 e. The molecule has 1 aromatic heterocycles. The van der Waals surface area contributed by atoms with E-state index in [1.54, 1.807) is 6.20 Å². The monoisotopic (exact) mass is 277 g/mol. The SMILES string of the molecule is O=C(CNC(=O)C1CCOCC1)NCc1ccccn1. The second kappa shape index (κ2) is 7.59. The number of pyridine rings is 1. The Balaban J connectivity index is 1.65. The van der Waals surface area contributed by atoms with Crippen molar-refractivity contribution >= 4 is 11.8 Å². The van der Waals surface area contributed by atoms with E-state index in [0.29, 0.717) is 19.8 Å². The highest BCUT2D eigenvalue weighted by Crippen LogP contribution is 2.14. The van der Waals surface area contributed by atoms with E-state index in [4.69, 9.17) is 4.74 Å². The number of carbonyl (C=O) groups is 2. The summed E-state index contributed by atoms with van der Waals surface area (Å²) in [6.45, 7) is 1.60. The minimum atomic E-state index is -0.212. The normalized spacial score (nSPS) is 15.6. The van der Waals surface area contributed by atoms with Crippen molar-refractivity contribution in [2.75, 3.05) is 19.8 Å². The van der Waals surface area contributed by atoms with Crippen molar-refractivity contribution in [1.82, 2.24) is 15.6 Å². The fraction of sp³-hybridized carbons (Fsp3) is 0.500. The first-order valence-corrected chi connectivity index (χ1v) is 6.78. The standard InChI is InChI=1S/C14H19N3O3/c18-13(16-9-12-3-1-2-6-15-12)10-17-14(19)11-4-7-20-8-5-11/h1-3,6,11H,4-5,7-10H2,(H,16,18)(H,17,19). The molecule has 0 saturated carbocycles. The molecule has 0 aliphatic carbocycles. The van der Waals surface area contributed by atoms with Crippen LogP contribution in [0, 0.1) is 5.92 Å². The molecule has 108 valence electrons. The molecule has 1 saturated heterocycles. The zero-order chi connectivity index (χ0) is 14.2. The van der Waals surface area contributed by atoms with E-state index in [-0.39, 0.29) is 24.3 Å². The van der Waals surface area contributed by atoms with Crippen molar-refractivity contribution in [3.05, 3.63) is 30.1 Å². The van der Waals surface area contributed by atoms with Crippen LogP contribution >= 0.6 is 0 Å². The van der Waals surface area contributed by atoms with Crippen molar-refractivity contribution in [2.24, 2.45) is 5.92 Å². The van der Waals surface area contributed by atoms with Gasteiger partial charge in [0.1, 0.15) is 0 Å². The van der Waals surface area contributed by atoms with E-state index in [1.807, 2.05) is 18.2 Å².